The third-order valence-corrected chi connectivity index (χ3v) is 3.70. The second kappa shape index (κ2) is 15.7. The van der Waals surface area contributed by atoms with Crippen molar-refractivity contribution in [3.63, 3.8) is 0 Å². The highest BCUT2D eigenvalue weighted by atomic mass is 35.5. The number of benzene rings is 1. The van der Waals surface area contributed by atoms with Gasteiger partial charge in [0.1, 0.15) is 5.75 Å². The van der Waals surface area contributed by atoms with Crippen molar-refractivity contribution in [2.24, 2.45) is 5.73 Å². The Morgan fingerprint density at radius 2 is 1.80 bits per heavy atom. The minimum absolute atomic E-state index is 0.0147. The van der Waals surface area contributed by atoms with Gasteiger partial charge in [0.05, 0.1) is 0 Å². The van der Waals surface area contributed by atoms with E-state index in [0.29, 0.717) is 17.1 Å². The summed E-state index contributed by atoms with van der Waals surface area (Å²) in [5, 5.41) is 9.91. The van der Waals surface area contributed by atoms with Crippen LogP contribution in [-0.2, 0) is 0 Å². The first-order chi connectivity index (χ1) is 12.1. The lowest BCUT2D eigenvalue weighted by molar-refractivity contribution is 0.0706. The molecule has 0 radical (unpaired) electrons. The van der Waals surface area contributed by atoms with Crippen LogP contribution in [-0.4, -0.2) is 35.5 Å². The molecule has 1 aromatic carbocycles. The van der Waals surface area contributed by atoms with Gasteiger partial charge in [-0.3, -0.25) is 4.79 Å². The Morgan fingerprint density at radius 3 is 2.24 bits per heavy atom. The van der Waals surface area contributed by atoms with Crippen LogP contribution in [0, 0.1) is 0 Å². The number of carbonyl (C=O) groups excluding carboxylic acids is 1. The van der Waals surface area contributed by atoms with E-state index in [-0.39, 0.29) is 17.7 Å². The van der Waals surface area contributed by atoms with Gasteiger partial charge in [0.15, 0.2) is 0 Å². The molecule has 0 aromatic heterocycles. The Morgan fingerprint density at radius 1 is 1.28 bits per heavy atom. The highest BCUT2D eigenvalue weighted by molar-refractivity contribution is 6.31. The summed E-state index contributed by atoms with van der Waals surface area (Å²) in [5.41, 5.74) is 4.93. The number of amides is 1. The van der Waals surface area contributed by atoms with Crippen LogP contribution in [0.2, 0.25) is 5.02 Å². The molecule has 0 unspecified atom stereocenters. The van der Waals surface area contributed by atoms with E-state index in [0.717, 1.165) is 25.7 Å². The standard InChI is InChI=1S/C15H18ClNO2.C2H6.C2H4.CH5N/c1-2-7-17(13-5-3-4-6-13)15(19)11-8-12(16)10-14(18)9-11;3*1-2/h2,8-10,13,18H,1,3-7H2;1-2H3;1-2H2;2H2,1H3. The van der Waals surface area contributed by atoms with Crippen LogP contribution in [0.15, 0.2) is 44.0 Å². The fourth-order valence-corrected chi connectivity index (χ4v) is 2.85. The molecule has 2 rings (SSSR count). The number of phenols is 1. The SMILES string of the molecule is C=C.C=CCN(C(=O)c1cc(O)cc(Cl)c1)C1CCCC1.CC.CN. The smallest absolute Gasteiger partial charge is 0.254 e. The minimum atomic E-state index is -0.0930. The molecule has 5 heteroatoms. The maximum atomic E-state index is 12.5. The average Bonchev–Trinajstić information content (AvgIpc) is 3.18. The first-order valence-electron chi connectivity index (χ1n) is 8.61. The van der Waals surface area contributed by atoms with Crippen molar-refractivity contribution in [2.75, 3.05) is 13.6 Å². The molecule has 25 heavy (non-hydrogen) atoms. The van der Waals surface area contributed by atoms with E-state index in [4.69, 9.17) is 11.6 Å². The number of nitrogens with zero attached hydrogens (tertiary/aromatic N) is 1. The Labute approximate surface area is 158 Å². The van der Waals surface area contributed by atoms with Crippen molar-refractivity contribution in [1.29, 1.82) is 0 Å². The third-order valence-electron chi connectivity index (χ3n) is 3.48. The maximum Gasteiger partial charge on any atom is 0.254 e. The quantitative estimate of drug-likeness (QED) is 0.733. The number of nitrogens with two attached hydrogens (primary N) is 1. The number of rotatable bonds is 4. The number of carbonyl (C=O) groups is 1. The summed E-state index contributed by atoms with van der Waals surface area (Å²) in [6.07, 6.45) is 6.12. The van der Waals surface area contributed by atoms with E-state index in [2.05, 4.69) is 25.5 Å². The van der Waals surface area contributed by atoms with Gasteiger partial charge in [-0.05, 0) is 38.1 Å². The number of aromatic hydroxyl groups is 1. The summed E-state index contributed by atoms with van der Waals surface area (Å²) in [4.78, 5) is 14.4. The van der Waals surface area contributed by atoms with Crippen molar-refractivity contribution >= 4 is 17.5 Å². The topological polar surface area (TPSA) is 66.6 Å². The van der Waals surface area contributed by atoms with Crippen LogP contribution in [0.5, 0.6) is 5.75 Å². The number of phenolic OH excluding ortho intramolecular Hbond substituents is 1. The van der Waals surface area contributed by atoms with Crippen LogP contribution < -0.4 is 5.73 Å². The molecule has 0 bridgehead atoms. The molecule has 1 aliphatic rings. The largest absolute Gasteiger partial charge is 0.508 e. The van der Waals surface area contributed by atoms with Crippen LogP contribution >= 0.6 is 11.6 Å². The molecule has 1 aromatic rings. The summed E-state index contributed by atoms with van der Waals surface area (Å²) >= 11 is 5.88. The first-order valence-corrected chi connectivity index (χ1v) is 8.99. The van der Waals surface area contributed by atoms with E-state index in [9.17, 15) is 9.90 Å². The molecule has 1 fully saturated rings. The summed E-state index contributed by atoms with van der Waals surface area (Å²) < 4.78 is 0. The Balaban J connectivity index is 0. The summed E-state index contributed by atoms with van der Waals surface area (Å²) in [6, 6.07) is 4.74. The van der Waals surface area contributed by atoms with E-state index in [1.54, 1.807) is 12.1 Å². The van der Waals surface area contributed by atoms with Crippen molar-refractivity contribution in [2.45, 2.75) is 45.6 Å². The maximum absolute atomic E-state index is 12.5. The fourth-order valence-electron chi connectivity index (χ4n) is 2.62. The molecule has 4 nitrogen and oxygen atoms in total. The normalized spacial score (nSPS) is 12.4. The molecule has 0 aliphatic heterocycles. The first kappa shape index (κ1) is 25.5. The molecule has 0 atom stereocenters. The van der Waals surface area contributed by atoms with Crippen molar-refractivity contribution in [3.8, 4) is 5.75 Å². The molecular formula is C20H33ClN2O2. The highest BCUT2D eigenvalue weighted by Crippen LogP contribution is 2.27. The monoisotopic (exact) mass is 368 g/mol. The lowest BCUT2D eigenvalue weighted by atomic mass is 10.1. The highest BCUT2D eigenvalue weighted by Gasteiger charge is 2.26. The summed E-state index contributed by atoms with van der Waals surface area (Å²) in [7, 11) is 1.50. The second-order valence-corrected chi connectivity index (χ2v) is 5.32. The zero-order valence-electron chi connectivity index (χ0n) is 15.8. The molecule has 1 saturated carbocycles. The Kier molecular flexibility index (Phi) is 16.0. The lowest BCUT2D eigenvalue weighted by Crippen LogP contribution is -2.38. The van der Waals surface area contributed by atoms with Gasteiger partial charge >= 0.3 is 0 Å². The molecular weight excluding hydrogens is 336 g/mol. The van der Waals surface area contributed by atoms with Crippen molar-refractivity contribution in [1.82, 2.24) is 4.90 Å². The summed E-state index contributed by atoms with van der Waals surface area (Å²) in [5.74, 6) is -0.0783. The molecule has 0 saturated heterocycles. The Hall–Kier alpha value is -1.78. The number of hydrogen-bond donors (Lipinski definition) is 2. The average molecular weight is 369 g/mol. The molecule has 0 heterocycles. The van der Waals surface area contributed by atoms with Gasteiger partial charge in [-0.1, -0.05) is 44.4 Å². The van der Waals surface area contributed by atoms with Crippen molar-refractivity contribution in [3.05, 3.63) is 54.6 Å². The van der Waals surface area contributed by atoms with E-state index in [1.807, 2.05) is 18.7 Å². The van der Waals surface area contributed by atoms with Gasteiger partial charge in [-0.15, -0.1) is 19.7 Å². The van der Waals surface area contributed by atoms with E-state index >= 15 is 0 Å². The predicted octanol–water partition coefficient (Wildman–Crippen LogP) is 5.02. The fraction of sp³-hybridized carbons (Fsp3) is 0.450. The molecule has 0 spiro atoms. The zero-order chi connectivity index (χ0) is 19.8. The van der Waals surface area contributed by atoms with Crippen LogP contribution in [0.4, 0.5) is 0 Å². The number of halogens is 1. The van der Waals surface area contributed by atoms with Crippen LogP contribution in [0.3, 0.4) is 0 Å². The van der Waals surface area contributed by atoms with Gasteiger partial charge in [-0.25, -0.2) is 0 Å². The van der Waals surface area contributed by atoms with Crippen molar-refractivity contribution < 1.29 is 9.90 Å². The van der Waals surface area contributed by atoms with Gasteiger partial charge in [0.25, 0.3) is 5.91 Å². The zero-order valence-corrected chi connectivity index (χ0v) is 16.6. The van der Waals surface area contributed by atoms with Gasteiger partial charge < -0.3 is 15.7 Å². The summed E-state index contributed by atoms with van der Waals surface area (Å²) in [6.45, 7) is 14.2. The minimum Gasteiger partial charge on any atom is -0.508 e. The van der Waals surface area contributed by atoms with E-state index in [1.165, 1.54) is 19.2 Å². The molecule has 3 N–H and O–H groups in total. The van der Waals surface area contributed by atoms with Gasteiger partial charge in [0, 0.05) is 23.2 Å². The Bertz CT molecular complexity index is 480. The van der Waals surface area contributed by atoms with E-state index < -0.39 is 0 Å². The number of hydrogen-bond acceptors (Lipinski definition) is 3. The molecule has 1 amide bonds. The third kappa shape index (κ3) is 8.75. The van der Waals surface area contributed by atoms with Gasteiger partial charge in [-0.2, -0.15) is 0 Å². The predicted molar refractivity (Wildman–Crippen MR) is 109 cm³/mol. The molecule has 1 aliphatic carbocycles. The molecule has 142 valence electrons. The lowest BCUT2D eigenvalue weighted by Gasteiger charge is -2.28. The van der Waals surface area contributed by atoms with Crippen LogP contribution in [0.25, 0.3) is 0 Å². The van der Waals surface area contributed by atoms with Crippen LogP contribution in [0.1, 0.15) is 49.9 Å². The second-order valence-electron chi connectivity index (χ2n) is 4.88. The van der Waals surface area contributed by atoms with Gasteiger partial charge in [0.2, 0.25) is 0 Å².